The SMILES string of the molecule is CS(=O)(=O)c1ncc2ccnc(C3CC3)c2n1. The van der Waals surface area contributed by atoms with Crippen molar-refractivity contribution in [1.29, 1.82) is 0 Å². The van der Waals surface area contributed by atoms with E-state index in [-0.39, 0.29) is 5.16 Å². The molecule has 2 aromatic heterocycles. The zero-order valence-electron chi connectivity index (χ0n) is 9.29. The number of sulfone groups is 1. The summed E-state index contributed by atoms with van der Waals surface area (Å²) in [7, 11) is -3.37. The Morgan fingerprint density at radius 3 is 2.71 bits per heavy atom. The lowest BCUT2D eigenvalue weighted by molar-refractivity contribution is 0.593. The number of fused-ring (bicyclic) bond motifs is 1. The molecule has 2 aromatic rings. The topological polar surface area (TPSA) is 72.8 Å². The highest BCUT2D eigenvalue weighted by Gasteiger charge is 2.28. The van der Waals surface area contributed by atoms with Crippen molar-refractivity contribution in [3.63, 3.8) is 0 Å². The quantitative estimate of drug-likeness (QED) is 0.750. The molecule has 3 rings (SSSR count). The summed E-state index contributed by atoms with van der Waals surface area (Å²) in [5.74, 6) is 0.431. The molecule has 0 spiro atoms. The molecule has 2 heterocycles. The predicted octanol–water partition coefficient (Wildman–Crippen LogP) is 1.31. The fourth-order valence-corrected chi connectivity index (χ4v) is 2.30. The van der Waals surface area contributed by atoms with Crippen molar-refractivity contribution in [3.8, 4) is 0 Å². The average Bonchev–Trinajstić information content (AvgIpc) is 3.10. The van der Waals surface area contributed by atoms with Crippen LogP contribution in [0.15, 0.2) is 23.6 Å². The van der Waals surface area contributed by atoms with E-state index in [0.717, 1.165) is 30.2 Å². The summed E-state index contributed by atoms with van der Waals surface area (Å²) < 4.78 is 22.9. The lowest BCUT2D eigenvalue weighted by Gasteiger charge is -2.04. The van der Waals surface area contributed by atoms with E-state index < -0.39 is 9.84 Å². The fraction of sp³-hybridized carbons (Fsp3) is 0.364. The minimum absolute atomic E-state index is 0.125. The van der Waals surface area contributed by atoms with E-state index in [1.54, 1.807) is 18.5 Å². The highest BCUT2D eigenvalue weighted by molar-refractivity contribution is 7.90. The zero-order valence-corrected chi connectivity index (χ0v) is 10.1. The smallest absolute Gasteiger partial charge is 0.247 e. The molecule has 6 heteroatoms. The van der Waals surface area contributed by atoms with Crippen LogP contribution in [0.2, 0.25) is 0 Å². The first-order chi connectivity index (χ1) is 8.05. The van der Waals surface area contributed by atoms with Gasteiger partial charge in [-0.25, -0.2) is 18.4 Å². The van der Waals surface area contributed by atoms with Gasteiger partial charge in [0.15, 0.2) is 0 Å². The molecule has 0 atom stereocenters. The standard InChI is InChI=1S/C11H11N3O2S/c1-17(15,16)11-13-6-8-4-5-12-9(7-2-3-7)10(8)14-11/h4-7H,2-3H2,1H3. The first-order valence-electron chi connectivity index (χ1n) is 5.37. The van der Waals surface area contributed by atoms with Crippen molar-refractivity contribution in [3.05, 3.63) is 24.2 Å². The lowest BCUT2D eigenvalue weighted by atomic mass is 10.2. The van der Waals surface area contributed by atoms with Gasteiger partial charge in [0.2, 0.25) is 15.0 Å². The molecule has 1 fully saturated rings. The van der Waals surface area contributed by atoms with Gasteiger partial charge in [0.05, 0.1) is 11.2 Å². The number of hydrogen-bond donors (Lipinski definition) is 0. The van der Waals surface area contributed by atoms with Gasteiger partial charge in [-0.15, -0.1) is 0 Å². The first kappa shape index (κ1) is 10.6. The monoisotopic (exact) mass is 249 g/mol. The van der Waals surface area contributed by atoms with Gasteiger partial charge < -0.3 is 0 Å². The maximum Gasteiger partial charge on any atom is 0.247 e. The van der Waals surface area contributed by atoms with Crippen LogP contribution in [0.5, 0.6) is 0 Å². The van der Waals surface area contributed by atoms with Crippen LogP contribution < -0.4 is 0 Å². The molecule has 1 aliphatic rings. The van der Waals surface area contributed by atoms with Crippen molar-refractivity contribution in [1.82, 2.24) is 15.0 Å². The van der Waals surface area contributed by atoms with Crippen molar-refractivity contribution < 1.29 is 8.42 Å². The van der Waals surface area contributed by atoms with Crippen molar-refractivity contribution in [2.75, 3.05) is 6.26 Å². The van der Waals surface area contributed by atoms with Gasteiger partial charge in [0, 0.05) is 30.0 Å². The number of nitrogens with zero attached hydrogens (tertiary/aromatic N) is 3. The number of rotatable bonds is 2. The van der Waals surface area contributed by atoms with E-state index >= 15 is 0 Å². The Labute approximate surface area is 98.9 Å². The van der Waals surface area contributed by atoms with E-state index in [4.69, 9.17) is 0 Å². The van der Waals surface area contributed by atoms with Gasteiger partial charge in [-0.05, 0) is 18.9 Å². The van der Waals surface area contributed by atoms with Crippen LogP contribution in [0, 0.1) is 0 Å². The Bertz CT molecular complexity index is 693. The summed E-state index contributed by atoms with van der Waals surface area (Å²) >= 11 is 0. The summed E-state index contributed by atoms with van der Waals surface area (Å²) in [6, 6.07) is 1.80. The number of hydrogen-bond acceptors (Lipinski definition) is 5. The van der Waals surface area contributed by atoms with Crippen LogP contribution in [-0.2, 0) is 9.84 Å². The van der Waals surface area contributed by atoms with E-state index in [1.807, 2.05) is 0 Å². The summed E-state index contributed by atoms with van der Waals surface area (Å²) in [6.07, 6.45) is 6.59. The highest BCUT2D eigenvalue weighted by Crippen LogP contribution is 2.41. The summed E-state index contributed by atoms with van der Waals surface area (Å²) in [4.78, 5) is 12.3. The predicted molar refractivity (Wildman–Crippen MR) is 62.4 cm³/mol. The summed E-state index contributed by atoms with van der Waals surface area (Å²) in [5.41, 5.74) is 1.57. The van der Waals surface area contributed by atoms with E-state index in [2.05, 4.69) is 15.0 Å². The number of aromatic nitrogens is 3. The fourth-order valence-electron chi connectivity index (χ4n) is 1.80. The molecule has 0 unspecified atom stereocenters. The van der Waals surface area contributed by atoms with E-state index in [9.17, 15) is 8.42 Å². The second-order valence-corrected chi connectivity index (χ2v) is 6.24. The van der Waals surface area contributed by atoms with Crippen molar-refractivity contribution >= 4 is 20.7 Å². The largest absolute Gasteiger partial charge is 0.259 e. The minimum atomic E-state index is -3.37. The molecule has 1 aliphatic carbocycles. The van der Waals surface area contributed by atoms with Crippen LogP contribution in [0.1, 0.15) is 24.5 Å². The normalized spacial score (nSPS) is 16.3. The molecule has 0 radical (unpaired) electrons. The molecule has 0 bridgehead atoms. The Morgan fingerprint density at radius 1 is 1.29 bits per heavy atom. The minimum Gasteiger partial charge on any atom is -0.259 e. The molecule has 0 saturated heterocycles. The van der Waals surface area contributed by atoms with Crippen LogP contribution in [0.3, 0.4) is 0 Å². The van der Waals surface area contributed by atoms with Gasteiger partial charge in [0.1, 0.15) is 0 Å². The third kappa shape index (κ3) is 1.88. The van der Waals surface area contributed by atoms with E-state index in [0.29, 0.717) is 11.4 Å². The van der Waals surface area contributed by atoms with Crippen LogP contribution in [0.4, 0.5) is 0 Å². The third-order valence-electron chi connectivity index (χ3n) is 2.80. The number of pyridine rings is 1. The molecule has 88 valence electrons. The highest BCUT2D eigenvalue weighted by atomic mass is 32.2. The van der Waals surface area contributed by atoms with Gasteiger partial charge >= 0.3 is 0 Å². The molecule has 0 amide bonds. The summed E-state index contributed by atoms with van der Waals surface area (Å²) in [6.45, 7) is 0. The van der Waals surface area contributed by atoms with Gasteiger partial charge in [-0.3, -0.25) is 4.98 Å². The zero-order chi connectivity index (χ0) is 12.0. The molecule has 1 saturated carbocycles. The average molecular weight is 249 g/mol. The van der Waals surface area contributed by atoms with Crippen molar-refractivity contribution in [2.24, 2.45) is 0 Å². The van der Waals surface area contributed by atoms with Gasteiger partial charge in [-0.2, -0.15) is 0 Å². The van der Waals surface area contributed by atoms with Gasteiger partial charge in [-0.1, -0.05) is 0 Å². The van der Waals surface area contributed by atoms with E-state index in [1.165, 1.54) is 0 Å². The Morgan fingerprint density at radius 2 is 2.06 bits per heavy atom. The van der Waals surface area contributed by atoms with Gasteiger partial charge in [0.25, 0.3) is 0 Å². The Balaban J connectivity index is 2.29. The molecule has 5 nitrogen and oxygen atoms in total. The Hall–Kier alpha value is -1.56. The molecule has 0 aliphatic heterocycles. The molecule has 0 N–H and O–H groups in total. The third-order valence-corrected chi connectivity index (χ3v) is 3.66. The van der Waals surface area contributed by atoms with Crippen LogP contribution in [-0.4, -0.2) is 29.6 Å². The summed E-state index contributed by atoms with van der Waals surface area (Å²) in [5, 5.41) is 0.717. The Kier molecular flexibility index (Phi) is 2.16. The molecule has 0 aromatic carbocycles. The lowest BCUT2D eigenvalue weighted by Crippen LogP contribution is -2.05. The van der Waals surface area contributed by atoms with Crippen LogP contribution in [0.25, 0.3) is 10.9 Å². The molecular formula is C11H11N3O2S. The molecular weight excluding hydrogens is 238 g/mol. The first-order valence-corrected chi connectivity index (χ1v) is 7.26. The molecule has 17 heavy (non-hydrogen) atoms. The maximum atomic E-state index is 11.4. The van der Waals surface area contributed by atoms with Crippen LogP contribution >= 0.6 is 0 Å². The maximum absolute atomic E-state index is 11.4. The second kappa shape index (κ2) is 3.46. The van der Waals surface area contributed by atoms with Crippen molar-refractivity contribution in [2.45, 2.75) is 23.9 Å². The second-order valence-electron chi connectivity index (χ2n) is 4.33.